The van der Waals surface area contributed by atoms with Crippen LogP contribution in [0.15, 0.2) is 12.1 Å². The van der Waals surface area contributed by atoms with Gasteiger partial charge in [0.1, 0.15) is 5.75 Å². The van der Waals surface area contributed by atoms with Crippen molar-refractivity contribution < 1.29 is 13.9 Å². The van der Waals surface area contributed by atoms with Gasteiger partial charge in [-0.2, -0.15) is 0 Å². The maximum absolute atomic E-state index is 14.0. The number of phenolic OH excluding ortho intramolecular Hbond substituents is 1. The van der Waals surface area contributed by atoms with Crippen molar-refractivity contribution in [2.24, 2.45) is 0 Å². The van der Waals surface area contributed by atoms with Crippen molar-refractivity contribution in [1.29, 1.82) is 0 Å². The van der Waals surface area contributed by atoms with Crippen LogP contribution in [0, 0.1) is 0 Å². The fraction of sp³-hybridized carbons (Fsp3) is 0.700. The first-order chi connectivity index (χ1) is 11.4. The molecule has 1 aliphatic heterocycles. The smallest absolute Gasteiger partial charge is 0.258 e. The molecule has 1 heterocycles. The van der Waals surface area contributed by atoms with E-state index in [4.69, 9.17) is 0 Å². The first kappa shape index (κ1) is 20.1. The van der Waals surface area contributed by atoms with Gasteiger partial charge in [0.25, 0.3) is 6.43 Å². The molecule has 3 nitrogen and oxygen atoms in total. The van der Waals surface area contributed by atoms with Gasteiger partial charge >= 0.3 is 0 Å². The largest absolute Gasteiger partial charge is 0.507 e. The summed E-state index contributed by atoms with van der Waals surface area (Å²) in [6.45, 7) is 14.7. The Kier molecular flexibility index (Phi) is 5.79. The van der Waals surface area contributed by atoms with Crippen molar-refractivity contribution in [3.63, 3.8) is 0 Å². The molecule has 5 heteroatoms. The second kappa shape index (κ2) is 7.20. The molecular weight excluding hydrogens is 322 g/mol. The number of rotatable bonds is 3. The number of nitrogens with one attached hydrogen (secondary N) is 1. The minimum atomic E-state index is -2.47. The first-order valence-electron chi connectivity index (χ1n) is 9.03. The minimum absolute atomic E-state index is 0.233. The molecule has 1 aromatic carbocycles. The van der Waals surface area contributed by atoms with Gasteiger partial charge in [-0.3, -0.25) is 4.90 Å². The van der Waals surface area contributed by atoms with E-state index < -0.39 is 12.5 Å². The Bertz CT molecular complexity index is 562. The van der Waals surface area contributed by atoms with Gasteiger partial charge in [0.05, 0.1) is 6.04 Å². The summed E-state index contributed by atoms with van der Waals surface area (Å²) in [5, 5.41) is 14.0. The van der Waals surface area contributed by atoms with E-state index in [0.717, 1.165) is 24.2 Å². The summed E-state index contributed by atoms with van der Waals surface area (Å²) in [6.07, 6.45) is -2.47. The highest BCUT2D eigenvalue weighted by atomic mass is 19.3. The number of piperazine rings is 1. The fourth-order valence-electron chi connectivity index (χ4n) is 3.45. The predicted octanol–water partition coefficient (Wildman–Crippen LogP) is 4.20. The Balaban J connectivity index is 2.61. The summed E-state index contributed by atoms with van der Waals surface area (Å²) in [6, 6.07) is 2.62. The second-order valence-electron chi connectivity index (χ2n) is 9.03. The van der Waals surface area contributed by atoms with Crippen molar-refractivity contribution in [2.75, 3.05) is 26.2 Å². The molecule has 0 bridgehead atoms. The third kappa shape index (κ3) is 4.50. The normalized spacial score (nSPS) is 18.6. The van der Waals surface area contributed by atoms with Crippen molar-refractivity contribution in [2.45, 2.75) is 64.8 Å². The molecule has 25 heavy (non-hydrogen) atoms. The van der Waals surface area contributed by atoms with Crippen LogP contribution < -0.4 is 5.32 Å². The van der Waals surface area contributed by atoms with Gasteiger partial charge in [-0.05, 0) is 39.7 Å². The zero-order valence-electron chi connectivity index (χ0n) is 16.3. The summed E-state index contributed by atoms with van der Waals surface area (Å²) >= 11 is 0. The summed E-state index contributed by atoms with van der Waals surface area (Å²) < 4.78 is 28.0. The Hall–Kier alpha value is -1.20. The first-order valence-corrected chi connectivity index (χ1v) is 9.03. The molecule has 1 atom stereocenters. The fourth-order valence-corrected chi connectivity index (χ4v) is 3.45. The van der Waals surface area contributed by atoms with E-state index in [0.29, 0.717) is 18.7 Å². The second-order valence-corrected chi connectivity index (χ2v) is 9.03. The highest BCUT2D eigenvalue weighted by Crippen LogP contribution is 2.42. The summed E-state index contributed by atoms with van der Waals surface area (Å²) in [7, 11) is 0. The Labute approximate surface area is 150 Å². The van der Waals surface area contributed by atoms with E-state index in [1.165, 1.54) is 0 Å². The summed E-state index contributed by atoms with van der Waals surface area (Å²) in [4.78, 5) is 1.85. The molecule has 2 rings (SSSR count). The van der Waals surface area contributed by atoms with Gasteiger partial charge in [-0.1, -0.05) is 41.5 Å². The topological polar surface area (TPSA) is 35.5 Å². The van der Waals surface area contributed by atoms with Gasteiger partial charge in [-0.15, -0.1) is 0 Å². The van der Waals surface area contributed by atoms with E-state index in [2.05, 4.69) is 5.32 Å². The molecule has 1 fully saturated rings. The lowest BCUT2D eigenvalue weighted by Gasteiger charge is -2.36. The maximum atomic E-state index is 14.0. The lowest BCUT2D eigenvalue weighted by Crippen LogP contribution is -2.47. The van der Waals surface area contributed by atoms with Crippen LogP contribution in [0.25, 0.3) is 0 Å². The number of alkyl halides is 2. The SMILES string of the molecule is CC(C)(C)c1cc([C@H](C(F)F)N2CCNCC2)cc(C(C)(C)C)c1O. The molecule has 0 unspecified atom stereocenters. The van der Waals surface area contributed by atoms with Gasteiger partial charge in [0.15, 0.2) is 0 Å². The molecule has 142 valence electrons. The molecule has 0 aromatic heterocycles. The number of aromatic hydroxyl groups is 1. The average molecular weight is 354 g/mol. The van der Waals surface area contributed by atoms with Crippen LogP contribution in [-0.2, 0) is 10.8 Å². The highest BCUT2D eigenvalue weighted by Gasteiger charge is 2.34. The molecule has 0 saturated carbocycles. The van der Waals surface area contributed by atoms with Crippen LogP contribution >= 0.6 is 0 Å². The molecule has 0 radical (unpaired) electrons. The molecule has 1 aliphatic rings. The van der Waals surface area contributed by atoms with E-state index in [-0.39, 0.29) is 16.6 Å². The number of phenols is 1. The van der Waals surface area contributed by atoms with Gasteiger partial charge in [0, 0.05) is 26.2 Å². The highest BCUT2D eigenvalue weighted by molar-refractivity contribution is 5.50. The molecule has 0 aliphatic carbocycles. The molecule has 1 saturated heterocycles. The van der Waals surface area contributed by atoms with Gasteiger partial charge < -0.3 is 10.4 Å². The number of hydrogen-bond acceptors (Lipinski definition) is 3. The van der Waals surface area contributed by atoms with Crippen LogP contribution in [0.3, 0.4) is 0 Å². The third-order valence-electron chi connectivity index (χ3n) is 4.87. The summed E-state index contributed by atoms with van der Waals surface area (Å²) in [5.41, 5.74) is 1.42. The quantitative estimate of drug-likeness (QED) is 0.854. The van der Waals surface area contributed by atoms with Crippen LogP contribution in [0.5, 0.6) is 5.75 Å². The summed E-state index contributed by atoms with van der Waals surface area (Å²) in [5.74, 6) is 0.233. The van der Waals surface area contributed by atoms with E-state index in [1.54, 1.807) is 12.1 Å². The van der Waals surface area contributed by atoms with Gasteiger partial charge in [0.2, 0.25) is 0 Å². The van der Waals surface area contributed by atoms with Crippen molar-refractivity contribution in [3.05, 3.63) is 28.8 Å². The lowest BCUT2D eigenvalue weighted by atomic mass is 9.77. The maximum Gasteiger partial charge on any atom is 0.258 e. The van der Waals surface area contributed by atoms with E-state index in [1.807, 2.05) is 46.4 Å². The van der Waals surface area contributed by atoms with Crippen LogP contribution in [0.2, 0.25) is 0 Å². The van der Waals surface area contributed by atoms with E-state index in [9.17, 15) is 13.9 Å². The molecule has 2 N–H and O–H groups in total. The number of halogens is 2. The predicted molar refractivity (Wildman–Crippen MR) is 98.7 cm³/mol. The zero-order valence-corrected chi connectivity index (χ0v) is 16.3. The number of benzene rings is 1. The number of hydrogen-bond donors (Lipinski definition) is 2. The van der Waals surface area contributed by atoms with Crippen LogP contribution in [0.1, 0.15) is 64.3 Å². The monoisotopic (exact) mass is 354 g/mol. The van der Waals surface area contributed by atoms with Crippen molar-refractivity contribution >= 4 is 0 Å². The standard InChI is InChI=1S/C20H32F2N2O/c1-19(2,3)14-11-13(12-15(17(14)25)20(4,5)6)16(18(21)22)24-9-7-23-8-10-24/h11-12,16,18,23,25H,7-10H2,1-6H3/t16-/m1/s1. The van der Waals surface area contributed by atoms with E-state index >= 15 is 0 Å². The molecule has 0 spiro atoms. The molecular formula is C20H32F2N2O. The van der Waals surface area contributed by atoms with Crippen molar-refractivity contribution in [1.82, 2.24) is 10.2 Å². The van der Waals surface area contributed by atoms with Crippen molar-refractivity contribution in [3.8, 4) is 5.75 Å². The molecule has 0 amide bonds. The Morgan fingerprint density at radius 1 is 0.960 bits per heavy atom. The Morgan fingerprint density at radius 3 is 1.76 bits per heavy atom. The van der Waals surface area contributed by atoms with Crippen LogP contribution in [0.4, 0.5) is 8.78 Å². The molecule has 1 aromatic rings. The van der Waals surface area contributed by atoms with Gasteiger partial charge in [-0.25, -0.2) is 8.78 Å². The number of nitrogens with zero attached hydrogens (tertiary/aromatic N) is 1. The minimum Gasteiger partial charge on any atom is -0.507 e. The van der Waals surface area contributed by atoms with Crippen LogP contribution in [-0.4, -0.2) is 42.6 Å². The average Bonchev–Trinajstić information content (AvgIpc) is 2.47. The third-order valence-corrected chi connectivity index (χ3v) is 4.87. The zero-order chi connectivity index (χ0) is 19.0. The lowest BCUT2D eigenvalue weighted by molar-refractivity contribution is 0.0180. The Morgan fingerprint density at radius 2 is 1.40 bits per heavy atom.